The van der Waals surface area contributed by atoms with Crippen molar-refractivity contribution in [1.82, 2.24) is 24.6 Å². The molecule has 0 spiro atoms. The molecule has 5 rings (SSSR count). The maximum absolute atomic E-state index is 12.4. The normalized spacial score (nSPS) is 16.7. The Hall–Kier alpha value is -2.78. The first-order valence-electron chi connectivity index (χ1n) is 11.4. The van der Waals surface area contributed by atoms with Crippen molar-refractivity contribution in [2.45, 2.75) is 45.3 Å². The maximum atomic E-state index is 12.4. The minimum Gasteiger partial charge on any atom is -0.444 e. The van der Waals surface area contributed by atoms with Crippen LogP contribution in [0, 0.1) is 0 Å². The van der Waals surface area contributed by atoms with Gasteiger partial charge in [0, 0.05) is 37.8 Å². The van der Waals surface area contributed by atoms with Crippen molar-refractivity contribution >= 4 is 57.5 Å². The lowest BCUT2D eigenvalue weighted by Crippen LogP contribution is -2.50. The van der Waals surface area contributed by atoms with Crippen molar-refractivity contribution in [1.29, 1.82) is 0 Å². The van der Waals surface area contributed by atoms with Crippen LogP contribution in [-0.2, 0) is 4.74 Å². The first-order valence-corrected chi connectivity index (χ1v) is 12.1. The van der Waals surface area contributed by atoms with Gasteiger partial charge in [0.15, 0.2) is 5.15 Å². The van der Waals surface area contributed by atoms with E-state index in [1.165, 1.54) is 0 Å². The lowest BCUT2D eigenvalue weighted by Gasteiger charge is -2.37. The summed E-state index contributed by atoms with van der Waals surface area (Å²) in [5, 5.41) is 9.56. The van der Waals surface area contributed by atoms with E-state index in [0.29, 0.717) is 54.0 Å². The molecule has 2 aromatic heterocycles. The number of hydrogen-bond donors (Lipinski definition) is 1. The summed E-state index contributed by atoms with van der Waals surface area (Å²) in [6, 6.07) is 4.22. The number of hydrogen-bond acceptors (Lipinski definition) is 7. The molecule has 1 saturated carbocycles. The Kier molecular flexibility index (Phi) is 5.93. The van der Waals surface area contributed by atoms with Gasteiger partial charge >= 0.3 is 6.09 Å². The Morgan fingerprint density at radius 2 is 1.85 bits per heavy atom. The van der Waals surface area contributed by atoms with Gasteiger partial charge < -0.3 is 19.9 Å². The van der Waals surface area contributed by atoms with Crippen molar-refractivity contribution in [3.63, 3.8) is 0 Å². The topological polar surface area (TPSA) is 88.4 Å². The highest BCUT2D eigenvalue weighted by Gasteiger charge is 2.28. The fraction of sp³-hybridized carbons (Fsp3) is 0.478. The number of nitrogens with zero attached hydrogens (tertiary/aromatic N) is 6. The molecule has 0 unspecified atom stereocenters. The van der Waals surface area contributed by atoms with Gasteiger partial charge in [0.2, 0.25) is 5.95 Å². The monoisotopic (exact) mass is 503 g/mol. The van der Waals surface area contributed by atoms with Crippen LogP contribution in [-0.4, -0.2) is 62.5 Å². The minimum atomic E-state index is -0.512. The summed E-state index contributed by atoms with van der Waals surface area (Å²) in [5.41, 5.74) is 1.81. The van der Waals surface area contributed by atoms with Gasteiger partial charge in [-0.3, -0.25) is 0 Å². The Morgan fingerprint density at radius 1 is 1.12 bits per heavy atom. The van der Waals surface area contributed by atoms with Crippen LogP contribution < -0.4 is 10.2 Å². The third kappa shape index (κ3) is 4.86. The van der Waals surface area contributed by atoms with Crippen LogP contribution in [0.25, 0.3) is 10.9 Å². The van der Waals surface area contributed by atoms with Crippen molar-refractivity contribution in [2.75, 3.05) is 36.4 Å². The van der Waals surface area contributed by atoms with Gasteiger partial charge in [-0.25, -0.2) is 19.4 Å². The number of halogens is 2. The van der Waals surface area contributed by atoms with Gasteiger partial charge in [0.25, 0.3) is 0 Å². The predicted molar refractivity (Wildman–Crippen MR) is 133 cm³/mol. The highest BCUT2D eigenvalue weighted by atomic mass is 35.5. The Bertz CT molecular complexity index is 1230. The first-order chi connectivity index (χ1) is 16.2. The Morgan fingerprint density at radius 3 is 2.53 bits per heavy atom. The molecule has 1 amide bonds. The number of fused-ring (bicyclic) bond motifs is 1. The highest BCUT2D eigenvalue weighted by molar-refractivity contribution is 6.34. The standard InChI is InChI=1S/C23H27Cl2N7O2/c1-23(2,3)34-22(33)31-8-6-30(7-9-31)19-11-17-14(10-16(19)24)12-26-21(28-17)29-18-13-27-32(20(18)25)15-4-5-15/h10-13,15H,4-9H2,1-3H3,(H,26,28,29). The number of benzene rings is 1. The van der Waals surface area contributed by atoms with E-state index in [-0.39, 0.29) is 6.09 Å². The average molecular weight is 504 g/mol. The van der Waals surface area contributed by atoms with E-state index in [0.717, 1.165) is 29.4 Å². The lowest BCUT2D eigenvalue weighted by molar-refractivity contribution is 0.0240. The molecule has 0 bridgehead atoms. The zero-order valence-electron chi connectivity index (χ0n) is 19.4. The molecule has 34 heavy (non-hydrogen) atoms. The number of carbonyl (C=O) groups is 1. The average Bonchev–Trinajstić information content (AvgIpc) is 3.56. The van der Waals surface area contributed by atoms with Gasteiger partial charge in [0.1, 0.15) is 5.60 Å². The molecule has 180 valence electrons. The summed E-state index contributed by atoms with van der Waals surface area (Å²) in [7, 11) is 0. The number of rotatable bonds is 4. The summed E-state index contributed by atoms with van der Waals surface area (Å²) in [5.74, 6) is 0.438. The third-order valence-electron chi connectivity index (χ3n) is 5.79. The molecule has 9 nitrogen and oxygen atoms in total. The fourth-order valence-corrected chi connectivity index (χ4v) is 4.49. The number of nitrogens with one attached hydrogen (secondary N) is 1. The van der Waals surface area contributed by atoms with E-state index < -0.39 is 5.60 Å². The van der Waals surface area contributed by atoms with Crippen molar-refractivity contribution in [3.8, 4) is 0 Å². The largest absolute Gasteiger partial charge is 0.444 e. The van der Waals surface area contributed by atoms with Crippen molar-refractivity contribution < 1.29 is 9.53 Å². The molecule has 11 heteroatoms. The zero-order chi connectivity index (χ0) is 24.0. The van der Waals surface area contributed by atoms with Crippen LogP contribution >= 0.6 is 23.2 Å². The van der Waals surface area contributed by atoms with E-state index in [9.17, 15) is 4.79 Å². The number of anilines is 3. The van der Waals surface area contributed by atoms with E-state index >= 15 is 0 Å². The molecular formula is C23H27Cl2N7O2. The fourth-order valence-electron chi connectivity index (χ4n) is 3.92. The van der Waals surface area contributed by atoms with E-state index in [1.807, 2.05) is 37.6 Å². The van der Waals surface area contributed by atoms with E-state index in [2.05, 4.69) is 25.3 Å². The summed E-state index contributed by atoms with van der Waals surface area (Å²) >= 11 is 13.1. The van der Waals surface area contributed by atoms with E-state index in [4.69, 9.17) is 27.9 Å². The second-order valence-electron chi connectivity index (χ2n) is 9.66. The minimum absolute atomic E-state index is 0.288. The van der Waals surface area contributed by atoms with Gasteiger partial charge in [-0.2, -0.15) is 5.10 Å². The predicted octanol–water partition coefficient (Wildman–Crippen LogP) is 5.27. The molecule has 1 saturated heterocycles. The van der Waals surface area contributed by atoms with Crippen molar-refractivity contribution in [3.05, 3.63) is 34.7 Å². The highest BCUT2D eigenvalue weighted by Crippen LogP contribution is 2.39. The number of piperazine rings is 1. The summed E-state index contributed by atoms with van der Waals surface area (Å²) in [4.78, 5) is 25.3. The third-order valence-corrected chi connectivity index (χ3v) is 6.47. The van der Waals surface area contributed by atoms with E-state index in [1.54, 1.807) is 17.3 Å². The smallest absolute Gasteiger partial charge is 0.410 e. The first kappa shape index (κ1) is 23.0. The molecule has 1 aliphatic heterocycles. The Balaban J connectivity index is 1.32. The molecule has 2 aliphatic rings. The van der Waals surface area contributed by atoms with Crippen molar-refractivity contribution in [2.24, 2.45) is 0 Å². The molecule has 0 radical (unpaired) electrons. The van der Waals surface area contributed by atoms with Crippen LogP contribution in [0.5, 0.6) is 0 Å². The summed E-state index contributed by atoms with van der Waals surface area (Å²) < 4.78 is 7.32. The van der Waals surface area contributed by atoms with Gasteiger partial charge in [-0.05, 0) is 45.7 Å². The summed E-state index contributed by atoms with van der Waals surface area (Å²) in [6.07, 6.45) is 5.35. The number of amides is 1. The molecule has 3 heterocycles. The second-order valence-corrected chi connectivity index (χ2v) is 10.4. The molecule has 1 aromatic carbocycles. The molecule has 0 atom stereocenters. The summed E-state index contributed by atoms with van der Waals surface area (Å²) in [6.45, 7) is 8.02. The molecular weight excluding hydrogens is 477 g/mol. The second kappa shape index (κ2) is 8.78. The van der Waals surface area contributed by atoms with Crippen LogP contribution in [0.3, 0.4) is 0 Å². The SMILES string of the molecule is CC(C)(C)OC(=O)N1CCN(c2cc3nc(Nc4cnn(C5CC5)c4Cl)ncc3cc2Cl)CC1. The zero-order valence-corrected chi connectivity index (χ0v) is 20.9. The van der Waals surface area contributed by atoms with Crippen LogP contribution in [0.2, 0.25) is 10.2 Å². The van der Waals surface area contributed by atoms with Crippen LogP contribution in [0.1, 0.15) is 39.7 Å². The maximum Gasteiger partial charge on any atom is 0.410 e. The van der Waals surface area contributed by atoms with Gasteiger partial charge in [-0.15, -0.1) is 0 Å². The van der Waals surface area contributed by atoms with Crippen LogP contribution in [0.4, 0.5) is 22.1 Å². The Labute approximate surface area is 208 Å². The molecule has 1 N–H and O–H groups in total. The van der Waals surface area contributed by atoms with Gasteiger partial charge in [-0.1, -0.05) is 23.2 Å². The lowest BCUT2D eigenvalue weighted by atomic mass is 10.2. The number of aromatic nitrogens is 4. The molecule has 3 aromatic rings. The quantitative estimate of drug-likeness (QED) is 0.518. The van der Waals surface area contributed by atoms with Gasteiger partial charge in [0.05, 0.1) is 34.2 Å². The number of ether oxygens (including phenoxy) is 1. The molecule has 1 aliphatic carbocycles. The molecule has 2 fully saturated rings. The number of carbonyl (C=O) groups excluding carboxylic acids is 1. The van der Waals surface area contributed by atoms with Crippen LogP contribution in [0.15, 0.2) is 24.5 Å².